The maximum absolute atomic E-state index is 12.7. The van der Waals surface area contributed by atoms with Gasteiger partial charge in [0.15, 0.2) is 0 Å². The number of nitrogens with zero attached hydrogens (tertiary/aromatic N) is 2. The monoisotopic (exact) mass is 520 g/mol. The van der Waals surface area contributed by atoms with Crippen molar-refractivity contribution in [3.63, 3.8) is 0 Å². The largest absolute Gasteiger partial charge is 0.442 e. The Kier molecular flexibility index (Phi) is 8.49. The van der Waals surface area contributed by atoms with Crippen LogP contribution in [0.4, 0.5) is 21.9 Å². The molecule has 0 radical (unpaired) electrons. The van der Waals surface area contributed by atoms with E-state index in [2.05, 4.69) is 15.5 Å². The fourth-order valence-corrected chi connectivity index (χ4v) is 5.70. The number of piperidine rings is 1. The van der Waals surface area contributed by atoms with E-state index < -0.39 is 12.2 Å². The van der Waals surface area contributed by atoms with Crippen LogP contribution in [-0.2, 0) is 14.3 Å². The maximum atomic E-state index is 12.7. The van der Waals surface area contributed by atoms with Gasteiger partial charge in [0.25, 0.3) is 5.91 Å². The summed E-state index contributed by atoms with van der Waals surface area (Å²) in [4.78, 5) is 42.0. The molecule has 2 fully saturated rings. The summed E-state index contributed by atoms with van der Waals surface area (Å²) in [5.74, 6) is 0.00169. The molecule has 1 aromatic carbocycles. The highest BCUT2D eigenvalue weighted by molar-refractivity contribution is 8.05. The first kappa shape index (κ1) is 25.7. The molecule has 3 aliphatic heterocycles. The zero-order valence-corrected chi connectivity index (χ0v) is 21.8. The van der Waals surface area contributed by atoms with Gasteiger partial charge in [-0.1, -0.05) is 19.9 Å². The van der Waals surface area contributed by atoms with Crippen LogP contribution in [0, 0.1) is 5.92 Å². The minimum Gasteiger partial charge on any atom is -0.442 e. The zero-order chi connectivity index (χ0) is 24.9. The van der Waals surface area contributed by atoms with Crippen molar-refractivity contribution < 1.29 is 19.1 Å². The fraction of sp³-hybridized carbons (Fsp3) is 0.560. The third-order valence-electron chi connectivity index (χ3n) is 6.19. The highest BCUT2D eigenvalue weighted by atomic mass is 35.5. The van der Waals surface area contributed by atoms with Gasteiger partial charge in [-0.3, -0.25) is 14.5 Å². The zero-order valence-electron chi connectivity index (χ0n) is 20.2. The summed E-state index contributed by atoms with van der Waals surface area (Å²) in [5, 5.41) is 5.90. The van der Waals surface area contributed by atoms with E-state index in [0.29, 0.717) is 35.7 Å². The molecule has 4 rings (SSSR count). The maximum Gasteiger partial charge on any atom is 0.414 e. The van der Waals surface area contributed by atoms with Crippen LogP contribution in [0.5, 0.6) is 0 Å². The summed E-state index contributed by atoms with van der Waals surface area (Å²) in [6, 6.07) is 5.72. The highest BCUT2D eigenvalue weighted by Crippen LogP contribution is 2.35. The molecule has 8 nitrogen and oxygen atoms in total. The molecule has 0 aromatic heterocycles. The van der Waals surface area contributed by atoms with Gasteiger partial charge in [-0.25, -0.2) is 4.79 Å². The minimum atomic E-state index is -0.468. The number of amides is 3. The average Bonchev–Trinajstić information content (AvgIpc) is 3.43. The second kappa shape index (κ2) is 11.6. The summed E-state index contributed by atoms with van der Waals surface area (Å²) in [6.07, 6.45) is 5.42. The summed E-state index contributed by atoms with van der Waals surface area (Å²) in [7, 11) is 0. The van der Waals surface area contributed by atoms with E-state index in [4.69, 9.17) is 16.3 Å². The average molecular weight is 521 g/mol. The number of benzene rings is 1. The van der Waals surface area contributed by atoms with Gasteiger partial charge >= 0.3 is 6.09 Å². The number of ether oxygens (including phenoxy) is 1. The quantitative estimate of drug-likeness (QED) is 0.483. The second-order valence-electron chi connectivity index (χ2n) is 9.55. The molecule has 3 heterocycles. The van der Waals surface area contributed by atoms with E-state index in [1.807, 2.05) is 38.1 Å². The molecular formula is C25H33ClN4O4S. The first-order chi connectivity index (χ1) is 16.8. The lowest BCUT2D eigenvalue weighted by Crippen LogP contribution is -2.35. The third kappa shape index (κ3) is 6.64. The van der Waals surface area contributed by atoms with E-state index in [1.54, 1.807) is 4.90 Å². The number of hydrogen-bond donors (Lipinski definition) is 2. The van der Waals surface area contributed by atoms with Gasteiger partial charge in [-0.2, -0.15) is 0 Å². The Balaban J connectivity index is 1.45. The molecule has 1 aromatic rings. The fourth-order valence-electron chi connectivity index (χ4n) is 4.49. The van der Waals surface area contributed by atoms with Gasteiger partial charge in [0, 0.05) is 25.2 Å². The molecule has 2 atom stereocenters. The van der Waals surface area contributed by atoms with Crippen molar-refractivity contribution in [2.45, 2.75) is 56.8 Å². The third-order valence-corrected chi connectivity index (χ3v) is 7.69. The number of nitrogens with one attached hydrogen (secondary N) is 2. The van der Waals surface area contributed by atoms with E-state index in [1.165, 1.54) is 18.2 Å². The van der Waals surface area contributed by atoms with Crippen molar-refractivity contribution >= 4 is 58.3 Å². The Hall–Kier alpha value is -2.39. The number of thioether (sulfide) groups is 1. The van der Waals surface area contributed by atoms with Crippen LogP contribution in [0.25, 0.3) is 0 Å². The van der Waals surface area contributed by atoms with E-state index in [9.17, 15) is 14.4 Å². The predicted octanol–water partition coefficient (Wildman–Crippen LogP) is 4.69. The van der Waals surface area contributed by atoms with E-state index in [-0.39, 0.29) is 29.0 Å². The van der Waals surface area contributed by atoms with E-state index in [0.717, 1.165) is 31.6 Å². The molecule has 2 saturated heterocycles. The van der Waals surface area contributed by atoms with Crippen LogP contribution < -0.4 is 20.4 Å². The van der Waals surface area contributed by atoms with Crippen LogP contribution in [0.3, 0.4) is 0 Å². The number of alkyl halides is 1. The van der Waals surface area contributed by atoms with Gasteiger partial charge in [0.2, 0.25) is 5.91 Å². The van der Waals surface area contributed by atoms with Crippen LogP contribution in [0.15, 0.2) is 29.2 Å². The lowest BCUT2D eigenvalue weighted by Gasteiger charge is -2.31. The highest BCUT2D eigenvalue weighted by Gasteiger charge is 2.33. The first-order valence-electron chi connectivity index (χ1n) is 12.3. The predicted molar refractivity (Wildman–Crippen MR) is 141 cm³/mol. The van der Waals surface area contributed by atoms with Crippen molar-refractivity contribution in [3.05, 3.63) is 29.2 Å². The van der Waals surface area contributed by atoms with Gasteiger partial charge in [0.05, 0.1) is 34.1 Å². The molecule has 0 saturated carbocycles. The number of carbonyl (C=O) groups excluding carboxylic acids is 3. The number of hydrogen-bond acceptors (Lipinski definition) is 6. The molecule has 35 heavy (non-hydrogen) atoms. The molecular weight excluding hydrogens is 488 g/mol. The van der Waals surface area contributed by atoms with E-state index >= 15 is 0 Å². The normalized spacial score (nSPS) is 22.3. The standard InChI is InChI=1S/C25H33ClN4O4S/c1-16(2)12-23(31)28-19-13-17(6-7-20(19)29-10-4-3-5-11-29)30-15-18(34-25(30)33)14-27-24(32)21-8-9-22(26)35-21/h6-8,13,16,18,22H,3-5,9-12,14-15H2,1-2H3,(H,27,32)(H,28,31). The Bertz CT molecular complexity index is 996. The smallest absolute Gasteiger partial charge is 0.414 e. The minimum absolute atomic E-state index is 0.0433. The van der Waals surface area contributed by atoms with Gasteiger partial charge in [-0.15, -0.1) is 23.4 Å². The lowest BCUT2D eigenvalue weighted by molar-refractivity contribution is -0.117. The molecule has 3 amide bonds. The molecule has 0 spiro atoms. The molecule has 0 bridgehead atoms. The number of halogens is 1. The summed E-state index contributed by atoms with van der Waals surface area (Å²) in [5.41, 5.74) is 2.34. The van der Waals surface area contributed by atoms with Gasteiger partial charge in [0.1, 0.15) is 6.10 Å². The van der Waals surface area contributed by atoms with Crippen molar-refractivity contribution in [1.29, 1.82) is 0 Å². The van der Waals surface area contributed by atoms with Crippen molar-refractivity contribution in [2.75, 3.05) is 41.3 Å². The summed E-state index contributed by atoms with van der Waals surface area (Å²) in [6.45, 7) is 6.44. The van der Waals surface area contributed by atoms with Crippen LogP contribution in [0.1, 0.15) is 46.0 Å². The first-order valence-corrected chi connectivity index (χ1v) is 13.6. The summed E-state index contributed by atoms with van der Waals surface area (Å²) >= 11 is 7.37. The van der Waals surface area contributed by atoms with Crippen LogP contribution in [0.2, 0.25) is 0 Å². The number of cyclic esters (lactones) is 1. The number of carbonyl (C=O) groups is 3. The Morgan fingerprint density at radius 3 is 2.69 bits per heavy atom. The van der Waals surface area contributed by atoms with Crippen LogP contribution >= 0.6 is 23.4 Å². The molecule has 2 N–H and O–H groups in total. The van der Waals surface area contributed by atoms with Gasteiger partial charge in [-0.05, 0) is 49.8 Å². The van der Waals surface area contributed by atoms with Crippen molar-refractivity contribution in [3.8, 4) is 0 Å². The number of allylic oxidation sites excluding steroid dienone is 1. The van der Waals surface area contributed by atoms with Gasteiger partial charge < -0.3 is 20.3 Å². The summed E-state index contributed by atoms with van der Waals surface area (Å²) < 4.78 is 5.39. The molecule has 10 heteroatoms. The molecule has 190 valence electrons. The molecule has 3 aliphatic rings. The van der Waals surface area contributed by atoms with Crippen molar-refractivity contribution in [1.82, 2.24) is 5.32 Å². The number of rotatable bonds is 8. The second-order valence-corrected chi connectivity index (χ2v) is 11.6. The Morgan fingerprint density at radius 2 is 2.00 bits per heavy atom. The Morgan fingerprint density at radius 1 is 1.23 bits per heavy atom. The SMILES string of the molecule is CC(C)CC(=O)Nc1cc(N2CC(CNC(=O)C3=CCC(Cl)S3)OC2=O)ccc1N1CCCCC1. The van der Waals surface area contributed by atoms with Crippen molar-refractivity contribution in [2.24, 2.45) is 5.92 Å². The number of anilines is 3. The topological polar surface area (TPSA) is 91.0 Å². The Labute approximate surface area is 215 Å². The molecule has 0 aliphatic carbocycles. The lowest BCUT2D eigenvalue weighted by atomic mass is 10.1. The van der Waals surface area contributed by atoms with Crippen LogP contribution in [-0.4, -0.2) is 54.9 Å². The molecule has 2 unspecified atom stereocenters.